The molecule has 10 heavy (non-hydrogen) atoms. The van der Waals surface area contributed by atoms with E-state index >= 15 is 0 Å². The number of methoxy groups -OCH3 is 2. The second kappa shape index (κ2) is 3.32. The summed E-state index contributed by atoms with van der Waals surface area (Å²) in [5.74, 6) is 0.440. The molecule has 1 saturated heterocycles. The van der Waals surface area contributed by atoms with Gasteiger partial charge in [0.1, 0.15) is 0 Å². The molecular weight excluding hydrogens is 132 g/mol. The Labute approximate surface area is 61.3 Å². The fourth-order valence-corrected chi connectivity index (χ4v) is 1.19. The molecule has 1 fully saturated rings. The van der Waals surface area contributed by atoms with Crippen molar-refractivity contribution in [2.24, 2.45) is 5.92 Å². The summed E-state index contributed by atoms with van der Waals surface area (Å²) in [6.45, 7) is 2.09. The quantitative estimate of drug-likeness (QED) is 0.581. The van der Waals surface area contributed by atoms with E-state index in [1.165, 1.54) is 0 Å². The van der Waals surface area contributed by atoms with Crippen LogP contribution < -0.4 is 0 Å². The zero-order valence-corrected chi connectivity index (χ0v) is 6.66. The normalized spacial score (nSPS) is 40.5. The van der Waals surface area contributed by atoms with Crippen molar-refractivity contribution in [2.75, 3.05) is 14.2 Å². The van der Waals surface area contributed by atoms with Crippen LogP contribution in [0.3, 0.4) is 0 Å². The van der Waals surface area contributed by atoms with E-state index in [0.29, 0.717) is 5.92 Å². The van der Waals surface area contributed by atoms with Gasteiger partial charge in [0.05, 0.1) is 0 Å². The predicted molar refractivity (Wildman–Crippen MR) is 36.5 cm³/mol. The van der Waals surface area contributed by atoms with Crippen molar-refractivity contribution in [3.63, 3.8) is 0 Å². The molecule has 1 rings (SSSR count). The van der Waals surface area contributed by atoms with Crippen molar-refractivity contribution in [2.45, 2.75) is 25.9 Å². The highest BCUT2D eigenvalue weighted by Gasteiger charge is 2.31. The topological polar surface area (TPSA) is 27.7 Å². The Morgan fingerprint density at radius 2 is 2.00 bits per heavy atom. The van der Waals surface area contributed by atoms with Crippen LogP contribution in [-0.4, -0.2) is 26.8 Å². The van der Waals surface area contributed by atoms with Crippen LogP contribution in [0.5, 0.6) is 0 Å². The highest BCUT2D eigenvalue weighted by atomic mass is 16.8. The van der Waals surface area contributed by atoms with E-state index in [-0.39, 0.29) is 12.6 Å². The standard InChI is InChI=1S/C7H14O3/c1-5-4-6(8-2)10-7(5)9-3/h5-7H,4H2,1-3H3/t5-,6+,7-/m1/s1. The zero-order valence-electron chi connectivity index (χ0n) is 6.66. The third kappa shape index (κ3) is 1.48. The lowest BCUT2D eigenvalue weighted by molar-refractivity contribution is -0.191. The average molecular weight is 146 g/mol. The van der Waals surface area contributed by atoms with Gasteiger partial charge in [-0.05, 0) is 0 Å². The van der Waals surface area contributed by atoms with Crippen LogP contribution in [0.15, 0.2) is 0 Å². The van der Waals surface area contributed by atoms with Gasteiger partial charge < -0.3 is 14.2 Å². The first kappa shape index (κ1) is 7.98. The highest BCUT2D eigenvalue weighted by molar-refractivity contribution is 4.67. The monoisotopic (exact) mass is 146 g/mol. The van der Waals surface area contributed by atoms with Crippen LogP contribution in [0, 0.1) is 5.92 Å². The fraction of sp³-hybridized carbons (Fsp3) is 1.00. The van der Waals surface area contributed by atoms with E-state index in [1.807, 2.05) is 0 Å². The summed E-state index contributed by atoms with van der Waals surface area (Å²) in [7, 11) is 3.30. The lowest BCUT2D eigenvalue weighted by Crippen LogP contribution is -2.16. The summed E-state index contributed by atoms with van der Waals surface area (Å²) in [6.07, 6.45) is 0.777. The van der Waals surface area contributed by atoms with Gasteiger partial charge in [0.15, 0.2) is 12.6 Å². The van der Waals surface area contributed by atoms with E-state index in [4.69, 9.17) is 14.2 Å². The molecule has 3 heteroatoms. The van der Waals surface area contributed by atoms with Gasteiger partial charge in [-0.15, -0.1) is 0 Å². The lowest BCUT2D eigenvalue weighted by Gasteiger charge is -2.11. The SMILES string of the molecule is CO[C@@H]1C[C@@H](C)[C@H](OC)O1. The van der Waals surface area contributed by atoms with Crippen LogP contribution in [0.2, 0.25) is 0 Å². The molecule has 0 bridgehead atoms. The molecule has 0 saturated carbocycles. The summed E-state index contributed by atoms with van der Waals surface area (Å²) in [5.41, 5.74) is 0. The van der Waals surface area contributed by atoms with Gasteiger partial charge in [0.25, 0.3) is 0 Å². The molecule has 0 radical (unpaired) electrons. The lowest BCUT2D eigenvalue weighted by atomic mass is 10.1. The third-order valence-corrected chi connectivity index (χ3v) is 1.81. The van der Waals surface area contributed by atoms with Crippen LogP contribution in [0.25, 0.3) is 0 Å². The Kier molecular flexibility index (Phi) is 2.65. The smallest absolute Gasteiger partial charge is 0.163 e. The van der Waals surface area contributed by atoms with E-state index < -0.39 is 0 Å². The average Bonchev–Trinajstić information content (AvgIpc) is 2.30. The van der Waals surface area contributed by atoms with Gasteiger partial charge in [0.2, 0.25) is 0 Å². The summed E-state index contributed by atoms with van der Waals surface area (Å²) in [5, 5.41) is 0. The number of rotatable bonds is 2. The van der Waals surface area contributed by atoms with Crippen LogP contribution in [-0.2, 0) is 14.2 Å². The Balaban J connectivity index is 2.36. The van der Waals surface area contributed by atoms with Gasteiger partial charge in [-0.2, -0.15) is 0 Å². The first-order chi connectivity index (χ1) is 4.77. The van der Waals surface area contributed by atoms with Crippen molar-refractivity contribution in [3.8, 4) is 0 Å². The zero-order chi connectivity index (χ0) is 7.56. The summed E-state index contributed by atoms with van der Waals surface area (Å²) >= 11 is 0. The molecule has 3 atom stereocenters. The molecule has 0 aromatic rings. The van der Waals surface area contributed by atoms with Crippen molar-refractivity contribution in [3.05, 3.63) is 0 Å². The second-order valence-corrected chi connectivity index (χ2v) is 2.62. The summed E-state index contributed by atoms with van der Waals surface area (Å²) in [6, 6.07) is 0. The second-order valence-electron chi connectivity index (χ2n) is 2.62. The third-order valence-electron chi connectivity index (χ3n) is 1.81. The maximum Gasteiger partial charge on any atom is 0.163 e. The minimum Gasteiger partial charge on any atom is -0.356 e. The summed E-state index contributed by atoms with van der Waals surface area (Å²) < 4.78 is 15.4. The molecule has 0 amide bonds. The van der Waals surface area contributed by atoms with Gasteiger partial charge in [0, 0.05) is 26.6 Å². The Morgan fingerprint density at radius 1 is 1.30 bits per heavy atom. The molecule has 1 aliphatic heterocycles. The van der Waals surface area contributed by atoms with Crippen LogP contribution >= 0.6 is 0 Å². The van der Waals surface area contributed by atoms with E-state index in [9.17, 15) is 0 Å². The van der Waals surface area contributed by atoms with Crippen LogP contribution in [0.1, 0.15) is 13.3 Å². The maximum atomic E-state index is 5.33. The van der Waals surface area contributed by atoms with Gasteiger partial charge in [-0.1, -0.05) is 6.92 Å². The molecule has 1 aliphatic rings. The summed E-state index contributed by atoms with van der Waals surface area (Å²) in [4.78, 5) is 0. The Hall–Kier alpha value is -0.120. The first-order valence-corrected chi connectivity index (χ1v) is 3.49. The van der Waals surface area contributed by atoms with Gasteiger partial charge in [-0.25, -0.2) is 0 Å². The molecule has 0 unspecified atom stereocenters. The number of hydrogen-bond acceptors (Lipinski definition) is 3. The largest absolute Gasteiger partial charge is 0.356 e. The van der Waals surface area contributed by atoms with Gasteiger partial charge in [-0.3, -0.25) is 0 Å². The minimum absolute atomic E-state index is 0.0695. The van der Waals surface area contributed by atoms with Gasteiger partial charge >= 0.3 is 0 Å². The van der Waals surface area contributed by atoms with Crippen molar-refractivity contribution < 1.29 is 14.2 Å². The molecule has 60 valence electrons. The maximum absolute atomic E-state index is 5.33. The molecule has 3 nitrogen and oxygen atoms in total. The van der Waals surface area contributed by atoms with Crippen molar-refractivity contribution in [1.29, 1.82) is 0 Å². The molecule has 0 spiro atoms. The molecular formula is C7H14O3. The number of ether oxygens (including phenoxy) is 3. The van der Waals surface area contributed by atoms with E-state index in [1.54, 1.807) is 14.2 Å². The van der Waals surface area contributed by atoms with Crippen molar-refractivity contribution >= 4 is 0 Å². The first-order valence-electron chi connectivity index (χ1n) is 3.49. The molecule has 0 aliphatic carbocycles. The predicted octanol–water partition coefficient (Wildman–Crippen LogP) is 0.988. The molecule has 0 N–H and O–H groups in total. The van der Waals surface area contributed by atoms with E-state index in [2.05, 4.69) is 6.92 Å². The van der Waals surface area contributed by atoms with Crippen molar-refractivity contribution in [1.82, 2.24) is 0 Å². The Bertz CT molecular complexity index is 105. The minimum atomic E-state index is -0.0788. The fourth-order valence-electron chi connectivity index (χ4n) is 1.19. The highest BCUT2D eigenvalue weighted by Crippen LogP contribution is 2.26. The van der Waals surface area contributed by atoms with Crippen LogP contribution in [0.4, 0.5) is 0 Å². The molecule has 1 heterocycles. The molecule has 0 aromatic heterocycles. The van der Waals surface area contributed by atoms with E-state index in [0.717, 1.165) is 6.42 Å². The Morgan fingerprint density at radius 3 is 2.30 bits per heavy atom. The number of hydrogen-bond donors (Lipinski definition) is 0. The molecule has 0 aromatic carbocycles.